The molecule has 5 rings (SSSR count). The lowest BCUT2D eigenvalue weighted by Crippen LogP contribution is -2.20. The zero-order valence-corrected chi connectivity index (χ0v) is 10.9. The smallest absolute Gasteiger partial charge is 0.0185 e. The summed E-state index contributed by atoms with van der Waals surface area (Å²) in [6.07, 6.45) is 0. The van der Waals surface area contributed by atoms with Crippen molar-refractivity contribution in [2.45, 2.75) is 15.8 Å². The van der Waals surface area contributed by atoms with E-state index in [1.54, 1.807) is 16.5 Å². The molecule has 2 saturated carbocycles. The molecule has 0 bridgehead atoms. The summed E-state index contributed by atoms with van der Waals surface area (Å²) < 4.78 is 0.955. The lowest BCUT2D eigenvalue weighted by Gasteiger charge is -2.30. The Kier molecular flexibility index (Phi) is 1.32. The highest BCUT2D eigenvalue weighted by molar-refractivity contribution is 14.1. The van der Waals surface area contributed by atoms with Crippen LogP contribution in [0, 0.1) is 11.8 Å². The monoisotopic (exact) mass is 318 g/mol. The molecule has 0 nitrogen and oxygen atoms in total. The highest BCUT2D eigenvalue weighted by atomic mass is 127. The van der Waals surface area contributed by atoms with Crippen molar-refractivity contribution in [3.8, 4) is 0 Å². The molecule has 1 heteroatoms. The largest absolute Gasteiger partial charge is 0.0819 e. The molecule has 3 unspecified atom stereocenters. The molecule has 0 N–H and O–H groups in total. The van der Waals surface area contributed by atoms with Gasteiger partial charge in [0.1, 0.15) is 0 Å². The van der Waals surface area contributed by atoms with E-state index in [0.29, 0.717) is 0 Å². The predicted octanol–water partition coefficient (Wildman–Crippen LogP) is 4.08. The molecular formula is C15H11I. The van der Waals surface area contributed by atoms with Crippen molar-refractivity contribution < 1.29 is 0 Å². The van der Waals surface area contributed by atoms with Gasteiger partial charge in [0.15, 0.2) is 0 Å². The summed E-state index contributed by atoms with van der Waals surface area (Å²) >= 11 is 2.66. The average Bonchev–Trinajstić information content (AvgIpc) is 2.72. The van der Waals surface area contributed by atoms with E-state index >= 15 is 0 Å². The van der Waals surface area contributed by atoms with Crippen LogP contribution in [0.3, 0.4) is 0 Å². The van der Waals surface area contributed by atoms with Crippen LogP contribution in [0.1, 0.15) is 23.0 Å². The number of hydrogen-bond donors (Lipinski definition) is 0. The lowest BCUT2D eigenvalue weighted by molar-refractivity contribution is 0.334. The van der Waals surface area contributed by atoms with Crippen molar-refractivity contribution in [3.63, 3.8) is 0 Å². The Labute approximate surface area is 108 Å². The first-order valence-corrected chi connectivity index (χ1v) is 7.28. The summed E-state index contributed by atoms with van der Waals surface area (Å²) in [4.78, 5) is 0. The molecule has 3 aliphatic carbocycles. The molecule has 2 aromatic carbocycles. The SMILES string of the molecule is IC1[C@H]2C3c4cccc5cccc(c45)C3[C@@H]12. The number of fused-ring (bicyclic) bond motifs is 6. The van der Waals surface area contributed by atoms with Gasteiger partial charge in [-0.1, -0.05) is 59.0 Å². The van der Waals surface area contributed by atoms with E-state index < -0.39 is 0 Å². The van der Waals surface area contributed by atoms with Crippen LogP contribution < -0.4 is 0 Å². The minimum atomic E-state index is 0.869. The molecule has 0 heterocycles. The molecule has 3 aliphatic rings. The Morgan fingerprint density at radius 1 is 0.812 bits per heavy atom. The van der Waals surface area contributed by atoms with Gasteiger partial charge in [-0.05, 0) is 45.6 Å². The lowest BCUT2D eigenvalue weighted by atomic mass is 9.72. The summed E-state index contributed by atoms with van der Waals surface area (Å²) in [6.45, 7) is 0. The van der Waals surface area contributed by atoms with Gasteiger partial charge in [-0.2, -0.15) is 0 Å². The fourth-order valence-electron chi connectivity index (χ4n) is 4.28. The Bertz CT molecular complexity index is 580. The fraction of sp³-hybridized carbons (Fsp3) is 0.333. The second-order valence-electron chi connectivity index (χ2n) is 5.44. The summed E-state index contributed by atoms with van der Waals surface area (Å²) in [5, 5.41) is 3.05. The minimum Gasteiger partial charge on any atom is -0.0819 e. The molecular weight excluding hydrogens is 307 g/mol. The van der Waals surface area contributed by atoms with E-state index in [1.807, 2.05) is 0 Å². The summed E-state index contributed by atoms with van der Waals surface area (Å²) in [5.74, 6) is 3.74. The first kappa shape index (κ1) is 8.51. The third-order valence-corrected chi connectivity index (χ3v) is 6.60. The van der Waals surface area contributed by atoms with Gasteiger partial charge in [0, 0.05) is 3.92 Å². The molecule has 78 valence electrons. The number of rotatable bonds is 0. The number of benzene rings is 2. The molecule has 2 fully saturated rings. The van der Waals surface area contributed by atoms with Gasteiger partial charge in [0.25, 0.3) is 0 Å². The van der Waals surface area contributed by atoms with Crippen LogP contribution in [-0.2, 0) is 0 Å². The summed E-state index contributed by atoms with van der Waals surface area (Å²) in [7, 11) is 0. The van der Waals surface area contributed by atoms with Crippen molar-refractivity contribution in [1.82, 2.24) is 0 Å². The van der Waals surface area contributed by atoms with Crippen LogP contribution in [0.4, 0.5) is 0 Å². The van der Waals surface area contributed by atoms with Gasteiger partial charge in [-0.25, -0.2) is 0 Å². The molecule has 0 amide bonds. The Morgan fingerprint density at radius 3 is 1.94 bits per heavy atom. The quantitative estimate of drug-likeness (QED) is 0.507. The van der Waals surface area contributed by atoms with Gasteiger partial charge >= 0.3 is 0 Å². The maximum Gasteiger partial charge on any atom is 0.0185 e. The number of halogens is 1. The van der Waals surface area contributed by atoms with Gasteiger partial charge in [0.05, 0.1) is 0 Å². The van der Waals surface area contributed by atoms with E-state index in [-0.39, 0.29) is 0 Å². The first-order valence-electron chi connectivity index (χ1n) is 6.03. The van der Waals surface area contributed by atoms with Crippen LogP contribution in [0.2, 0.25) is 0 Å². The first-order chi connectivity index (χ1) is 7.88. The van der Waals surface area contributed by atoms with Gasteiger partial charge < -0.3 is 0 Å². The summed E-state index contributed by atoms with van der Waals surface area (Å²) in [6, 6.07) is 13.7. The molecule has 0 spiro atoms. The molecule has 0 aromatic heterocycles. The van der Waals surface area contributed by atoms with E-state index in [4.69, 9.17) is 0 Å². The zero-order valence-electron chi connectivity index (χ0n) is 8.73. The average molecular weight is 318 g/mol. The number of alkyl halides is 1. The van der Waals surface area contributed by atoms with E-state index in [0.717, 1.165) is 27.6 Å². The van der Waals surface area contributed by atoms with Gasteiger partial charge in [0.2, 0.25) is 0 Å². The third-order valence-electron chi connectivity index (χ3n) is 4.94. The maximum atomic E-state index is 2.66. The molecule has 0 saturated heterocycles. The number of hydrogen-bond acceptors (Lipinski definition) is 0. The molecule has 5 atom stereocenters. The van der Waals surface area contributed by atoms with Crippen LogP contribution in [0.15, 0.2) is 36.4 Å². The zero-order chi connectivity index (χ0) is 10.4. The predicted molar refractivity (Wildman–Crippen MR) is 74.2 cm³/mol. The Morgan fingerprint density at radius 2 is 1.38 bits per heavy atom. The van der Waals surface area contributed by atoms with Crippen LogP contribution in [0.25, 0.3) is 10.8 Å². The third kappa shape index (κ3) is 0.727. The van der Waals surface area contributed by atoms with E-state index in [1.165, 1.54) is 5.39 Å². The molecule has 16 heavy (non-hydrogen) atoms. The fourth-order valence-corrected chi connectivity index (χ4v) is 5.90. The Hall–Kier alpha value is -0.570. The molecule has 0 radical (unpaired) electrons. The van der Waals surface area contributed by atoms with Crippen molar-refractivity contribution in [1.29, 1.82) is 0 Å². The molecule has 2 aromatic rings. The molecule has 0 aliphatic heterocycles. The minimum absolute atomic E-state index is 0.869. The standard InChI is InChI=1S/C15H11I/c16-15-13-11-8-5-1-3-7-4-2-6-9(10(7)8)12(11)14(13)15/h1-6,11-15H/t11?,12?,13-,14+,15?. The van der Waals surface area contributed by atoms with Crippen molar-refractivity contribution >= 4 is 33.4 Å². The van der Waals surface area contributed by atoms with Crippen LogP contribution >= 0.6 is 22.6 Å². The normalized spacial score (nSPS) is 41.4. The summed E-state index contributed by atoms with van der Waals surface area (Å²) in [5.41, 5.74) is 3.30. The van der Waals surface area contributed by atoms with Crippen molar-refractivity contribution in [2.24, 2.45) is 11.8 Å². The highest BCUT2D eigenvalue weighted by Crippen LogP contribution is 2.77. The Balaban J connectivity index is 1.89. The van der Waals surface area contributed by atoms with Crippen LogP contribution in [-0.4, -0.2) is 3.92 Å². The van der Waals surface area contributed by atoms with Crippen molar-refractivity contribution in [2.75, 3.05) is 0 Å². The topological polar surface area (TPSA) is 0 Å². The second-order valence-corrected chi connectivity index (χ2v) is 6.88. The van der Waals surface area contributed by atoms with Gasteiger partial charge in [-0.15, -0.1) is 0 Å². The maximum absolute atomic E-state index is 2.66. The van der Waals surface area contributed by atoms with Crippen LogP contribution in [0.5, 0.6) is 0 Å². The second kappa shape index (κ2) is 2.47. The van der Waals surface area contributed by atoms with Gasteiger partial charge in [-0.3, -0.25) is 0 Å². The van der Waals surface area contributed by atoms with E-state index in [9.17, 15) is 0 Å². The highest BCUT2D eigenvalue weighted by Gasteiger charge is 2.70. The van der Waals surface area contributed by atoms with Crippen molar-refractivity contribution in [3.05, 3.63) is 47.5 Å². The van der Waals surface area contributed by atoms with E-state index in [2.05, 4.69) is 59.0 Å².